The van der Waals surface area contributed by atoms with Crippen molar-refractivity contribution in [2.24, 2.45) is 5.73 Å². The number of hydrogen-bond donors (Lipinski definition) is 2. The molecule has 148 valence electrons. The number of carbonyl (C=O) groups excluding carboxylic acids is 3. The summed E-state index contributed by atoms with van der Waals surface area (Å²) in [4.78, 5) is 34.7. The Bertz CT molecular complexity index is 906. The molecule has 28 heavy (non-hydrogen) atoms. The molecule has 0 fully saturated rings. The normalized spacial score (nSPS) is 10.1. The fourth-order valence-electron chi connectivity index (χ4n) is 2.05. The Balaban J connectivity index is 1.96. The third kappa shape index (κ3) is 5.95. The number of nitrogens with one attached hydrogen (secondary N) is 1. The number of methoxy groups -OCH3 is 1. The Morgan fingerprint density at radius 3 is 2.50 bits per heavy atom. The van der Waals surface area contributed by atoms with Crippen LogP contribution in [0.15, 0.2) is 40.9 Å². The molecule has 0 aliphatic heterocycles. The third-order valence-electron chi connectivity index (χ3n) is 3.31. The molecule has 3 N–H and O–H groups in total. The number of esters is 1. The van der Waals surface area contributed by atoms with Crippen LogP contribution in [0.25, 0.3) is 0 Å². The summed E-state index contributed by atoms with van der Waals surface area (Å²) in [6.45, 7) is -0.969. The van der Waals surface area contributed by atoms with Gasteiger partial charge >= 0.3 is 5.97 Å². The summed E-state index contributed by atoms with van der Waals surface area (Å²) in [6, 6.07) is 8.21. The van der Waals surface area contributed by atoms with Gasteiger partial charge in [0.05, 0.1) is 18.4 Å². The molecule has 0 aromatic heterocycles. The number of anilines is 1. The Morgan fingerprint density at radius 1 is 1.11 bits per heavy atom. The molecule has 0 atom stereocenters. The van der Waals surface area contributed by atoms with E-state index < -0.39 is 30.2 Å². The summed E-state index contributed by atoms with van der Waals surface area (Å²) in [5, 5.41) is 2.30. The quantitative estimate of drug-likeness (QED) is 0.590. The molecule has 2 rings (SSSR count). The van der Waals surface area contributed by atoms with Gasteiger partial charge in [-0.05, 0) is 36.4 Å². The smallest absolute Gasteiger partial charge is 0.338 e. The Hall–Kier alpha value is -3.14. The van der Waals surface area contributed by atoms with Gasteiger partial charge in [-0.2, -0.15) is 0 Å². The molecule has 10 heteroatoms. The standard InChI is InChI=1S/C18H16BrFN2O6/c1-26-15-6-10(2-5-14(15)27-8-16(21)23)18(25)28-9-17(24)22-13-4-3-11(19)7-12(13)20/h2-7H,8-9H2,1H3,(H2,21,23)(H,22,24). The lowest BCUT2D eigenvalue weighted by atomic mass is 10.2. The summed E-state index contributed by atoms with van der Waals surface area (Å²) in [5.74, 6) is -2.42. The van der Waals surface area contributed by atoms with E-state index >= 15 is 0 Å². The van der Waals surface area contributed by atoms with Gasteiger partial charge in [-0.3, -0.25) is 9.59 Å². The third-order valence-corrected chi connectivity index (χ3v) is 3.80. The van der Waals surface area contributed by atoms with Gasteiger partial charge in [-0.1, -0.05) is 15.9 Å². The van der Waals surface area contributed by atoms with Crippen LogP contribution >= 0.6 is 15.9 Å². The van der Waals surface area contributed by atoms with Gasteiger partial charge in [-0.25, -0.2) is 9.18 Å². The largest absolute Gasteiger partial charge is 0.493 e. The number of carbonyl (C=O) groups is 3. The van der Waals surface area contributed by atoms with Crippen LogP contribution in [0.4, 0.5) is 10.1 Å². The maximum absolute atomic E-state index is 13.7. The molecule has 2 aromatic rings. The van der Waals surface area contributed by atoms with E-state index in [1.54, 1.807) is 6.07 Å². The van der Waals surface area contributed by atoms with Crippen molar-refractivity contribution in [3.05, 3.63) is 52.3 Å². The first-order valence-corrected chi connectivity index (χ1v) is 8.60. The van der Waals surface area contributed by atoms with E-state index in [4.69, 9.17) is 19.9 Å². The average molecular weight is 455 g/mol. The summed E-state index contributed by atoms with van der Waals surface area (Å²) in [6.07, 6.45) is 0. The first-order valence-electron chi connectivity index (χ1n) is 7.81. The van der Waals surface area contributed by atoms with Gasteiger partial charge in [0, 0.05) is 4.47 Å². The summed E-state index contributed by atoms with van der Waals surface area (Å²) in [7, 11) is 1.35. The van der Waals surface area contributed by atoms with Crippen LogP contribution in [0, 0.1) is 5.82 Å². The minimum Gasteiger partial charge on any atom is -0.493 e. The fourth-order valence-corrected chi connectivity index (χ4v) is 2.39. The second kappa shape index (κ2) is 9.70. The number of rotatable bonds is 8. The molecule has 0 bridgehead atoms. The number of amides is 2. The number of nitrogens with two attached hydrogens (primary N) is 1. The average Bonchev–Trinajstić information content (AvgIpc) is 2.66. The summed E-state index contributed by atoms with van der Waals surface area (Å²) < 4.78 is 29.4. The number of halogens is 2. The van der Waals surface area contributed by atoms with Crippen molar-refractivity contribution in [1.29, 1.82) is 0 Å². The molecule has 0 radical (unpaired) electrons. The predicted molar refractivity (Wildman–Crippen MR) is 101 cm³/mol. The molecule has 0 saturated carbocycles. The van der Waals surface area contributed by atoms with Crippen LogP contribution in [0.3, 0.4) is 0 Å². The molecule has 0 unspecified atom stereocenters. The van der Waals surface area contributed by atoms with Crippen LogP contribution in [0.5, 0.6) is 11.5 Å². The Labute approximate surface area is 167 Å². The number of primary amides is 1. The van der Waals surface area contributed by atoms with E-state index in [0.717, 1.165) is 0 Å². The van der Waals surface area contributed by atoms with Gasteiger partial charge in [0.25, 0.3) is 11.8 Å². The van der Waals surface area contributed by atoms with Gasteiger partial charge in [-0.15, -0.1) is 0 Å². The summed E-state index contributed by atoms with van der Waals surface area (Å²) >= 11 is 3.11. The second-order valence-corrected chi connectivity index (χ2v) is 6.28. The molecule has 2 amide bonds. The second-order valence-electron chi connectivity index (χ2n) is 5.37. The fraction of sp³-hybridized carbons (Fsp3) is 0.167. The van der Waals surface area contributed by atoms with Crippen LogP contribution < -0.4 is 20.5 Å². The molecule has 0 heterocycles. The van der Waals surface area contributed by atoms with E-state index in [1.165, 1.54) is 37.4 Å². The van der Waals surface area contributed by atoms with E-state index in [0.29, 0.717) is 4.47 Å². The van der Waals surface area contributed by atoms with E-state index in [-0.39, 0.29) is 29.4 Å². The van der Waals surface area contributed by atoms with Crippen LogP contribution in [-0.4, -0.2) is 38.1 Å². The molecule has 0 saturated heterocycles. The van der Waals surface area contributed by atoms with Gasteiger partial charge in [0.1, 0.15) is 5.82 Å². The van der Waals surface area contributed by atoms with Crippen LogP contribution in [0.2, 0.25) is 0 Å². The Kier molecular flexibility index (Phi) is 7.33. The lowest BCUT2D eigenvalue weighted by Gasteiger charge is -2.11. The van der Waals surface area contributed by atoms with Gasteiger partial charge in [0.15, 0.2) is 24.7 Å². The molecule has 0 aliphatic rings. The number of benzene rings is 2. The minimum absolute atomic E-state index is 0.0399. The summed E-state index contributed by atoms with van der Waals surface area (Å²) in [5.41, 5.74) is 5.06. The lowest BCUT2D eigenvalue weighted by Crippen LogP contribution is -2.21. The zero-order valence-electron chi connectivity index (χ0n) is 14.7. The maximum Gasteiger partial charge on any atom is 0.338 e. The molecule has 0 spiro atoms. The zero-order chi connectivity index (χ0) is 20.7. The van der Waals surface area contributed by atoms with Crippen molar-refractivity contribution >= 4 is 39.4 Å². The molecule has 2 aromatic carbocycles. The highest BCUT2D eigenvalue weighted by molar-refractivity contribution is 9.10. The van der Waals surface area contributed by atoms with Crippen molar-refractivity contribution in [3.8, 4) is 11.5 Å². The number of hydrogen-bond acceptors (Lipinski definition) is 6. The molecule has 8 nitrogen and oxygen atoms in total. The molecular formula is C18H16BrFN2O6. The maximum atomic E-state index is 13.7. The van der Waals surface area contributed by atoms with Crippen LogP contribution in [-0.2, 0) is 14.3 Å². The van der Waals surface area contributed by atoms with E-state index in [9.17, 15) is 18.8 Å². The van der Waals surface area contributed by atoms with E-state index in [2.05, 4.69) is 21.2 Å². The topological polar surface area (TPSA) is 117 Å². The lowest BCUT2D eigenvalue weighted by molar-refractivity contribution is -0.120. The van der Waals surface area contributed by atoms with Crippen LogP contribution in [0.1, 0.15) is 10.4 Å². The highest BCUT2D eigenvalue weighted by Gasteiger charge is 2.15. The SMILES string of the molecule is COc1cc(C(=O)OCC(=O)Nc2ccc(Br)cc2F)ccc1OCC(N)=O. The van der Waals surface area contributed by atoms with Gasteiger partial charge < -0.3 is 25.3 Å². The highest BCUT2D eigenvalue weighted by Crippen LogP contribution is 2.28. The minimum atomic E-state index is -0.800. The van der Waals surface area contributed by atoms with Crippen molar-refractivity contribution in [3.63, 3.8) is 0 Å². The first-order chi connectivity index (χ1) is 13.3. The molecular weight excluding hydrogens is 439 g/mol. The molecule has 0 aliphatic carbocycles. The van der Waals surface area contributed by atoms with Gasteiger partial charge in [0.2, 0.25) is 0 Å². The monoisotopic (exact) mass is 454 g/mol. The van der Waals surface area contributed by atoms with Crippen molar-refractivity contribution in [1.82, 2.24) is 0 Å². The Morgan fingerprint density at radius 2 is 1.86 bits per heavy atom. The van der Waals surface area contributed by atoms with E-state index in [1.807, 2.05) is 0 Å². The van der Waals surface area contributed by atoms with Crippen molar-refractivity contribution in [2.45, 2.75) is 0 Å². The van der Waals surface area contributed by atoms with Crippen molar-refractivity contribution in [2.75, 3.05) is 25.6 Å². The first kappa shape index (κ1) is 21.2. The van der Waals surface area contributed by atoms with Crippen molar-refractivity contribution < 1.29 is 33.0 Å². The predicted octanol–water partition coefficient (Wildman–Crippen LogP) is 2.26. The number of ether oxygens (including phenoxy) is 3. The highest BCUT2D eigenvalue weighted by atomic mass is 79.9. The zero-order valence-corrected chi connectivity index (χ0v) is 16.2.